The van der Waals surface area contributed by atoms with E-state index < -0.39 is 17.9 Å². The van der Waals surface area contributed by atoms with Gasteiger partial charge in [-0.3, -0.25) is 4.99 Å². The Hall–Kier alpha value is -2.49. The molecule has 2 atom stereocenters. The molecule has 3 rings (SSSR count). The first-order valence-electron chi connectivity index (χ1n) is 11.1. The topological polar surface area (TPSA) is 24.4 Å². The Morgan fingerprint density at radius 1 is 1.20 bits per heavy atom. The highest BCUT2D eigenvalue weighted by atomic mass is 19.1. The summed E-state index contributed by atoms with van der Waals surface area (Å²) >= 11 is 0. The molecule has 1 aromatic carbocycles. The molecule has 0 saturated heterocycles. The van der Waals surface area contributed by atoms with Crippen LogP contribution in [-0.4, -0.2) is 18.4 Å². The van der Waals surface area contributed by atoms with E-state index in [0.29, 0.717) is 24.2 Å². The first-order chi connectivity index (χ1) is 14.6. The number of alkyl halides is 1. The van der Waals surface area contributed by atoms with E-state index in [1.54, 1.807) is 0 Å². The van der Waals surface area contributed by atoms with Crippen LogP contribution in [0.15, 0.2) is 71.2 Å². The van der Waals surface area contributed by atoms with Crippen LogP contribution in [0.1, 0.15) is 57.1 Å². The lowest BCUT2D eigenvalue weighted by Gasteiger charge is -2.26. The Labute approximate surface area is 179 Å². The van der Waals surface area contributed by atoms with Crippen LogP contribution in [-0.2, 0) is 6.42 Å². The third-order valence-electron chi connectivity index (χ3n) is 5.76. The van der Waals surface area contributed by atoms with Crippen molar-refractivity contribution in [3.63, 3.8) is 0 Å². The van der Waals surface area contributed by atoms with Crippen LogP contribution in [0.4, 0.5) is 8.78 Å². The average molecular weight is 411 g/mol. The molecule has 4 heteroatoms. The van der Waals surface area contributed by atoms with Crippen LogP contribution in [0.3, 0.4) is 0 Å². The zero-order valence-corrected chi connectivity index (χ0v) is 18.1. The van der Waals surface area contributed by atoms with Gasteiger partial charge in [0.15, 0.2) is 0 Å². The lowest BCUT2D eigenvalue weighted by molar-refractivity contribution is 0.268. The Kier molecular flexibility index (Phi) is 7.78. The van der Waals surface area contributed by atoms with Crippen molar-refractivity contribution in [1.82, 2.24) is 5.32 Å². The number of benzene rings is 1. The minimum Gasteiger partial charge on any atom is -0.377 e. The summed E-state index contributed by atoms with van der Waals surface area (Å²) in [5.41, 5.74) is 5.29. The molecule has 30 heavy (non-hydrogen) atoms. The van der Waals surface area contributed by atoms with Crippen LogP contribution in [0, 0.1) is 5.92 Å². The van der Waals surface area contributed by atoms with Gasteiger partial charge in [-0.25, -0.2) is 8.78 Å². The fraction of sp³-hybridized carbons (Fsp3) is 0.423. The molecule has 0 aromatic heterocycles. The van der Waals surface area contributed by atoms with Crippen LogP contribution in [0.25, 0.3) is 5.70 Å². The summed E-state index contributed by atoms with van der Waals surface area (Å²) in [5.74, 6) is -1.08. The van der Waals surface area contributed by atoms with Gasteiger partial charge >= 0.3 is 0 Å². The Morgan fingerprint density at radius 2 is 1.97 bits per heavy atom. The van der Waals surface area contributed by atoms with Gasteiger partial charge in [0.1, 0.15) is 12.0 Å². The third kappa shape index (κ3) is 5.16. The third-order valence-corrected chi connectivity index (χ3v) is 5.76. The monoisotopic (exact) mass is 410 g/mol. The molecule has 160 valence electrons. The van der Waals surface area contributed by atoms with E-state index in [2.05, 4.69) is 31.0 Å². The highest BCUT2D eigenvalue weighted by molar-refractivity contribution is 5.95. The summed E-state index contributed by atoms with van der Waals surface area (Å²) in [4.78, 5) is 4.93. The smallest absolute Gasteiger partial charge is 0.128 e. The number of nitrogens with one attached hydrogen (secondary N) is 1. The standard InChI is InChI=1S/C26H32F2N2/c1-4-7-9-18-11-13-19(14-12-18)26-25(29-17-21(30-26)10-8-5-2)20-15-23(27)22(6-3)24(28)16-20/h4,11-16,22-23,29H,1,5-10,17H2,2-3H3. The van der Waals surface area contributed by atoms with Crippen LogP contribution < -0.4 is 5.32 Å². The summed E-state index contributed by atoms with van der Waals surface area (Å²) in [5, 5.41) is 3.41. The molecule has 1 N–H and O–H groups in total. The van der Waals surface area contributed by atoms with Gasteiger partial charge in [-0.05, 0) is 49.8 Å². The molecular formula is C26H32F2N2. The zero-order valence-electron chi connectivity index (χ0n) is 18.1. The van der Waals surface area contributed by atoms with E-state index in [0.717, 1.165) is 49.1 Å². The van der Waals surface area contributed by atoms with Gasteiger partial charge in [-0.1, -0.05) is 50.6 Å². The first-order valence-corrected chi connectivity index (χ1v) is 11.1. The van der Waals surface area contributed by atoms with Crippen LogP contribution >= 0.6 is 0 Å². The highest BCUT2D eigenvalue weighted by Crippen LogP contribution is 2.35. The van der Waals surface area contributed by atoms with Gasteiger partial charge in [0.25, 0.3) is 0 Å². The molecule has 1 aliphatic heterocycles. The number of hydrogen-bond donors (Lipinski definition) is 1. The molecule has 1 aliphatic carbocycles. The lowest BCUT2D eigenvalue weighted by Crippen LogP contribution is -2.29. The second-order valence-electron chi connectivity index (χ2n) is 7.99. The minimum atomic E-state index is -1.32. The van der Waals surface area contributed by atoms with Gasteiger partial charge in [0.05, 0.1) is 17.9 Å². The summed E-state index contributed by atoms with van der Waals surface area (Å²) in [7, 11) is 0. The van der Waals surface area contributed by atoms with Gasteiger partial charge in [0, 0.05) is 22.8 Å². The van der Waals surface area contributed by atoms with Crippen molar-refractivity contribution in [2.75, 3.05) is 6.54 Å². The molecule has 2 unspecified atom stereocenters. The lowest BCUT2D eigenvalue weighted by atomic mass is 9.89. The number of aryl methyl sites for hydroxylation is 1. The van der Waals surface area contributed by atoms with Gasteiger partial charge < -0.3 is 5.32 Å². The number of hydrogen-bond acceptors (Lipinski definition) is 2. The van der Waals surface area contributed by atoms with E-state index in [9.17, 15) is 8.78 Å². The molecule has 0 spiro atoms. The van der Waals surface area contributed by atoms with Crippen molar-refractivity contribution in [2.24, 2.45) is 10.9 Å². The van der Waals surface area contributed by atoms with E-state index in [-0.39, 0.29) is 0 Å². The molecule has 2 nitrogen and oxygen atoms in total. The molecule has 0 bridgehead atoms. The molecular weight excluding hydrogens is 378 g/mol. The number of unbranched alkanes of at least 4 members (excludes halogenated alkanes) is 1. The van der Waals surface area contributed by atoms with E-state index in [4.69, 9.17) is 4.99 Å². The van der Waals surface area contributed by atoms with E-state index in [1.165, 1.54) is 17.7 Å². The summed E-state index contributed by atoms with van der Waals surface area (Å²) in [6, 6.07) is 8.28. The minimum absolute atomic E-state index is 0.392. The van der Waals surface area contributed by atoms with Crippen molar-refractivity contribution in [3.8, 4) is 0 Å². The number of nitrogens with zero attached hydrogens (tertiary/aromatic N) is 1. The number of allylic oxidation sites excluding steroid dienone is 4. The maximum absolute atomic E-state index is 14.6. The Bertz CT molecular complexity index is 875. The van der Waals surface area contributed by atoms with Crippen molar-refractivity contribution >= 4 is 11.4 Å². The molecule has 0 fully saturated rings. The van der Waals surface area contributed by atoms with E-state index >= 15 is 0 Å². The van der Waals surface area contributed by atoms with Crippen LogP contribution in [0.2, 0.25) is 0 Å². The van der Waals surface area contributed by atoms with Gasteiger partial charge in [-0.15, -0.1) is 6.58 Å². The normalized spacial score (nSPS) is 21.5. The average Bonchev–Trinajstić information content (AvgIpc) is 2.76. The molecule has 0 radical (unpaired) electrons. The number of aliphatic imine (C=N–C) groups is 1. The molecule has 1 aromatic rings. The second kappa shape index (κ2) is 10.5. The predicted octanol–water partition coefficient (Wildman–Crippen LogP) is 6.87. The zero-order chi connectivity index (χ0) is 21.5. The quantitative estimate of drug-likeness (QED) is 0.442. The maximum atomic E-state index is 14.6. The van der Waals surface area contributed by atoms with Crippen molar-refractivity contribution in [1.29, 1.82) is 0 Å². The molecule has 0 amide bonds. The molecule has 1 heterocycles. The van der Waals surface area contributed by atoms with Crippen molar-refractivity contribution in [3.05, 3.63) is 77.3 Å². The summed E-state index contributed by atoms with van der Waals surface area (Å²) < 4.78 is 29.1. The van der Waals surface area contributed by atoms with Crippen molar-refractivity contribution in [2.45, 2.75) is 58.5 Å². The SMILES string of the molecule is C=CCCc1ccc(C2=C(C3=CC(F)C(CC)C(F)=C3)NCC(CCCC)=N2)cc1. The van der Waals surface area contributed by atoms with Gasteiger partial charge in [0.2, 0.25) is 0 Å². The fourth-order valence-corrected chi connectivity index (χ4v) is 3.92. The summed E-state index contributed by atoms with van der Waals surface area (Å²) in [6.07, 6.45) is 9.01. The van der Waals surface area contributed by atoms with Gasteiger partial charge in [-0.2, -0.15) is 0 Å². The van der Waals surface area contributed by atoms with E-state index in [1.807, 2.05) is 25.1 Å². The summed E-state index contributed by atoms with van der Waals surface area (Å²) in [6.45, 7) is 8.36. The van der Waals surface area contributed by atoms with Crippen LogP contribution in [0.5, 0.6) is 0 Å². The second-order valence-corrected chi connectivity index (χ2v) is 7.99. The number of rotatable bonds is 9. The largest absolute Gasteiger partial charge is 0.377 e. The predicted molar refractivity (Wildman–Crippen MR) is 123 cm³/mol. The molecule has 2 aliphatic rings. The number of halogens is 2. The fourth-order valence-electron chi connectivity index (χ4n) is 3.92. The first kappa shape index (κ1) is 22.2. The highest BCUT2D eigenvalue weighted by Gasteiger charge is 2.29. The van der Waals surface area contributed by atoms with Crippen molar-refractivity contribution < 1.29 is 8.78 Å². The Morgan fingerprint density at radius 3 is 2.60 bits per heavy atom. The molecule has 0 saturated carbocycles. The maximum Gasteiger partial charge on any atom is 0.128 e. The Balaban J connectivity index is 2.00.